The first-order valence-corrected chi connectivity index (χ1v) is 6.30. The molecule has 0 radical (unpaired) electrons. The van der Waals surface area contributed by atoms with Crippen molar-refractivity contribution in [3.05, 3.63) is 22.8 Å². The van der Waals surface area contributed by atoms with Crippen LogP contribution in [0.5, 0.6) is 0 Å². The van der Waals surface area contributed by atoms with E-state index >= 15 is 0 Å². The molecule has 3 N–H and O–H groups in total. The molecule has 2 rings (SSSR count). The number of nitrogens with one attached hydrogen (secondary N) is 2. The lowest BCUT2D eigenvalue weighted by atomic mass is 10.1. The monoisotopic (exact) mass is 311 g/mol. The molecule has 18 heavy (non-hydrogen) atoms. The van der Waals surface area contributed by atoms with Crippen molar-refractivity contribution >= 4 is 38.4 Å². The Balaban J connectivity index is 2.15. The molecule has 1 aromatic heterocycles. The number of H-pyrrole nitrogens is 1. The maximum atomic E-state index is 11.7. The third-order valence-electron chi connectivity index (χ3n) is 2.39. The van der Waals surface area contributed by atoms with Gasteiger partial charge in [0, 0.05) is 11.1 Å². The number of aliphatic hydroxyl groups is 1. The Labute approximate surface area is 113 Å². The number of hydrogen-bond donors (Lipinski definition) is 3. The summed E-state index contributed by atoms with van der Waals surface area (Å²) in [6, 6.07) is 5.44. The molecule has 0 unspecified atom stereocenters. The van der Waals surface area contributed by atoms with Gasteiger partial charge in [0.15, 0.2) is 0 Å². The van der Waals surface area contributed by atoms with Gasteiger partial charge in [-0.15, -0.1) is 0 Å². The van der Waals surface area contributed by atoms with Crippen molar-refractivity contribution < 1.29 is 9.90 Å². The molecule has 1 amide bonds. The van der Waals surface area contributed by atoms with Gasteiger partial charge in [-0.1, -0.05) is 0 Å². The average Bonchev–Trinajstić information content (AvgIpc) is 2.57. The Morgan fingerprint density at radius 2 is 2.28 bits per heavy atom. The number of amides is 1. The highest BCUT2D eigenvalue weighted by molar-refractivity contribution is 9.10. The smallest absolute Gasteiger partial charge is 0.227 e. The van der Waals surface area contributed by atoms with Gasteiger partial charge in [-0.25, -0.2) is 0 Å². The van der Waals surface area contributed by atoms with Crippen LogP contribution in [0, 0.1) is 0 Å². The van der Waals surface area contributed by atoms with E-state index < -0.39 is 5.60 Å². The van der Waals surface area contributed by atoms with Crippen LogP contribution in [0.25, 0.3) is 10.9 Å². The Hall–Kier alpha value is -1.40. The van der Waals surface area contributed by atoms with Crippen LogP contribution in [0.1, 0.15) is 20.3 Å². The summed E-state index contributed by atoms with van der Waals surface area (Å²) in [7, 11) is 0. The van der Waals surface area contributed by atoms with Crippen molar-refractivity contribution in [2.45, 2.75) is 25.9 Å². The molecule has 1 aromatic carbocycles. The molecule has 0 spiro atoms. The summed E-state index contributed by atoms with van der Waals surface area (Å²) in [5, 5.41) is 20.1. The lowest BCUT2D eigenvalue weighted by molar-refractivity contribution is -0.119. The summed E-state index contributed by atoms with van der Waals surface area (Å²) < 4.78 is 0.812. The first-order valence-electron chi connectivity index (χ1n) is 5.51. The number of aromatic amines is 1. The zero-order valence-electron chi connectivity index (χ0n) is 10.1. The molecular weight excluding hydrogens is 298 g/mol. The molecule has 1 heterocycles. The molecule has 6 heteroatoms. The van der Waals surface area contributed by atoms with Gasteiger partial charge in [0.25, 0.3) is 0 Å². The van der Waals surface area contributed by atoms with E-state index in [2.05, 4.69) is 31.4 Å². The van der Waals surface area contributed by atoms with Crippen molar-refractivity contribution in [3.63, 3.8) is 0 Å². The van der Waals surface area contributed by atoms with Crippen LogP contribution < -0.4 is 5.32 Å². The molecule has 0 aliphatic rings. The number of benzene rings is 1. The summed E-state index contributed by atoms with van der Waals surface area (Å²) in [6.45, 7) is 3.20. The minimum atomic E-state index is -1.01. The van der Waals surface area contributed by atoms with E-state index in [-0.39, 0.29) is 12.3 Å². The first kappa shape index (κ1) is 13.0. The number of carbonyl (C=O) groups excluding carboxylic acids is 1. The fraction of sp³-hybridized carbons (Fsp3) is 0.333. The van der Waals surface area contributed by atoms with E-state index in [0.717, 1.165) is 15.5 Å². The number of fused-ring (bicyclic) bond motifs is 1. The highest BCUT2D eigenvalue weighted by Gasteiger charge is 2.18. The second-order valence-electron chi connectivity index (χ2n) is 4.81. The molecule has 0 fully saturated rings. The third kappa shape index (κ3) is 3.08. The maximum Gasteiger partial charge on any atom is 0.227 e. The highest BCUT2D eigenvalue weighted by atomic mass is 79.9. The third-order valence-corrected chi connectivity index (χ3v) is 2.99. The fourth-order valence-electron chi connectivity index (χ4n) is 1.66. The van der Waals surface area contributed by atoms with Gasteiger partial charge < -0.3 is 10.4 Å². The van der Waals surface area contributed by atoms with Crippen molar-refractivity contribution in [2.24, 2.45) is 0 Å². The van der Waals surface area contributed by atoms with E-state index in [9.17, 15) is 9.90 Å². The quantitative estimate of drug-likeness (QED) is 0.814. The van der Waals surface area contributed by atoms with Gasteiger partial charge in [0.1, 0.15) is 4.60 Å². The molecule has 0 bridgehead atoms. The standard InChI is InChI=1S/C12H14BrN3O2/c1-12(2,18)6-10(17)14-7-3-4-8-9(5-7)15-16-11(8)13/h3-5,18H,6H2,1-2H3,(H,14,17)(H,15,16). The number of anilines is 1. The summed E-state index contributed by atoms with van der Waals surface area (Å²) in [6.07, 6.45) is 0.0509. The van der Waals surface area contributed by atoms with Crippen LogP contribution in [0.2, 0.25) is 0 Å². The fourth-order valence-corrected chi connectivity index (χ4v) is 2.08. The van der Waals surface area contributed by atoms with Gasteiger partial charge in [-0.2, -0.15) is 5.10 Å². The lowest BCUT2D eigenvalue weighted by Gasteiger charge is -2.16. The van der Waals surface area contributed by atoms with E-state index in [0.29, 0.717) is 5.69 Å². The second kappa shape index (κ2) is 4.70. The van der Waals surface area contributed by atoms with Crippen molar-refractivity contribution in [1.29, 1.82) is 0 Å². The molecule has 0 saturated carbocycles. The van der Waals surface area contributed by atoms with Crippen LogP contribution in [-0.2, 0) is 4.79 Å². The van der Waals surface area contributed by atoms with Gasteiger partial charge in [-0.05, 0) is 48.0 Å². The number of halogens is 1. The van der Waals surface area contributed by atoms with Gasteiger partial charge in [0.05, 0.1) is 17.5 Å². The van der Waals surface area contributed by atoms with Crippen molar-refractivity contribution in [1.82, 2.24) is 10.2 Å². The Morgan fingerprint density at radius 1 is 1.56 bits per heavy atom. The van der Waals surface area contributed by atoms with E-state index in [4.69, 9.17) is 0 Å². The number of hydrogen-bond acceptors (Lipinski definition) is 3. The number of carbonyl (C=O) groups is 1. The highest BCUT2D eigenvalue weighted by Crippen LogP contribution is 2.24. The second-order valence-corrected chi connectivity index (χ2v) is 5.60. The molecule has 96 valence electrons. The number of aromatic nitrogens is 2. The Kier molecular flexibility index (Phi) is 3.41. The number of rotatable bonds is 3. The van der Waals surface area contributed by atoms with Gasteiger partial charge >= 0.3 is 0 Å². The normalized spacial score (nSPS) is 11.8. The van der Waals surface area contributed by atoms with Gasteiger partial charge in [-0.3, -0.25) is 9.89 Å². The van der Waals surface area contributed by atoms with Crippen LogP contribution in [0.15, 0.2) is 22.8 Å². The zero-order valence-corrected chi connectivity index (χ0v) is 11.7. The SMILES string of the molecule is CC(C)(O)CC(=O)Nc1ccc2c(Br)[nH]nc2c1. The molecule has 5 nitrogen and oxygen atoms in total. The van der Waals surface area contributed by atoms with Gasteiger partial charge in [0.2, 0.25) is 5.91 Å². The largest absolute Gasteiger partial charge is 0.390 e. The molecule has 0 saturated heterocycles. The summed E-state index contributed by atoms with van der Waals surface area (Å²) in [5.74, 6) is -0.226. The molecule has 2 aromatic rings. The molecule has 0 aliphatic carbocycles. The predicted molar refractivity (Wildman–Crippen MR) is 73.3 cm³/mol. The predicted octanol–water partition coefficient (Wildman–Crippen LogP) is 2.42. The van der Waals surface area contributed by atoms with Crippen LogP contribution in [-0.4, -0.2) is 26.8 Å². The van der Waals surface area contributed by atoms with Crippen LogP contribution in [0.4, 0.5) is 5.69 Å². The average molecular weight is 312 g/mol. The Morgan fingerprint density at radius 3 is 2.94 bits per heavy atom. The summed E-state index contributed by atoms with van der Waals surface area (Å²) >= 11 is 3.34. The van der Waals surface area contributed by atoms with E-state index in [1.54, 1.807) is 26.0 Å². The maximum absolute atomic E-state index is 11.7. The minimum Gasteiger partial charge on any atom is -0.390 e. The topological polar surface area (TPSA) is 78.0 Å². The molecule has 0 aliphatic heterocycles. The summed E-state index contributed by atoms with van der Waals surface area (Å²) in [5.41, 5.74) is 0.419. The van der Waals surface area contributed by atoms with Crippen LogP contribution >= 0.6 is 15.9 Å². The van der Waals surface area contributed by atoms with Crippen molar-refractivity contribution in [3.8, 4) is 0 Å². The van der Waals surface area contributed by atoms with E-state index in [1.807, 2.05) is 6.07 Å². The van der Waals surface area contributed by atoms with E-state index in [1.165, 1.54) is 0 Å². The lowest BCUT2D eigenvalue weighted by Crippen LogP contribution is -2.27. The number of nitrogens with zero attached hydrogens (tertiary/aromatic N) is 1. The van der Waals surface area contributed by atoms with Crippen molar-refractivity contribution in [2.75, 3.05) is 5.32 Å². The minimum absolute atomic E-state index is 0.0509. The first-order chi connectivity index (χ1) is 8.35. The zero-order chi connectivity index (χ0) is 13.3. The molecule has 0 atom stereocenters. The summed E-state index contributed by atoms with van der Waals surface area (Å²) in [4.78, 5) is 11.7. The van der Waals surface area contributed by atoms with Crippen LogP contribution in [0.3, 0.4) is 0 Å². The molecular formula is C12H14BrN3O2. The Bertz CT molecular complexity index is 587.